The van der Waals surface area contributed by atoms with Crippen LogP contribution in [0.3, 0.4) is 0 Å². The second-order valence-electron chi connectivity index (χ2n) is 5.03. The lowest BCUT2D eigenvalue weighted by Crippen LogP contribution is -2.32. The van der Waals surface area contributed by atoms with Gasteiger partial charge in [0.1, 0.15) is 18.5 Å². The van der Waals surface area contributed by atoms with Crippen molar-refractivity contribution in [3.8, 4) is 5.75 Å². The Morgan fingerprint density at radius 1 is 1.32 bits per heavy atom. The molecular weight excluding hydrogens is 242 g/mol. The topological polar surface area (TPSA) is 50.7 Å². The SMILES string of the molecule is COCCc1ccc(OCC(O)CNC2CC2)cc1. The lowest BCUT2D eigenvalue weighted by atomic mass is 10.1. The van der Waals surface area contributed by atoms with Gasteiger partial charge in [0.05, 0.1) is 6.61 Å². The number of hydrogen-bond donors (Lipinski definition) is 2. The minimum atomic E-state index is -0.450. The highest BCUT2D eigenvalue weighted by atomic mass is 16.5. The predicted molar refractivity (Wildman–Crippen MR) is 74.5 cm³/mol. The standard InChI is InChI=1S/C15H23NO3/c1-18-9-8-12-2-6-15(7-3-12)19-11-14(17)10-16-13-4-5-13/h2-3,6-7,13-14,16-17H,4-5,8-11H2,1H3. The Morgan fingerprint density at radius 2 is 2.05 bits per heavy atom. The van der Waals surface area contributed by atoms with Crippen molar-refractivity contribution >= 4 is 0 Å². The maximum atomic E-state index is 9.75. The highest BCUT2D eigenvalue weighted by Crippen LogP contribution is 2.18. The van der Waals surface area contributed by atoms with E-state index in [1.165, 1.54) is 18.4 Å². The number of rotatable bonds is 9. The van der Waals surface area contributed by atoms with Crippen LogP contribution >= 0.6 is 0 Å². The molecule has 2 N–H and O–H groups in total. The zero-order chi connectivity index (χ0) is 13.5. The number of aliphatic hydroxyl groups excluding tert-OH is 1. The Kier molecular flexibility index (Phi) is 5.63. The van der Waals surface area contributed by atoms with Crippen LogP contribution in [0.5, 0.6) is 5.75 Å². The molecule has 19 heavy (non-hydrogen) atoms. The fourth-order valence-corrected chi connectivity index (χ4v) is 1.81. The number of ether oxygens (including phenoxy) is 2. The Hall–Kier alpha value is -1.10. The molecule has 1 aliphatic carbocycles. The highest BCUT2D eigenvalue weighted by Gasteiger charge is 2.21. The van der Waals surface area contributed by atoms with E-state index in [1.807, 2.05) is 24.3 Å². The molecule has 0 heterocycles. The molecule has 1 aliphatic rings. The van der Waals surface area contributed by atoms with Crippen LogP contribution in [0.1, 0.15) is 18.4 Å². The molecule has 0 spiro atoms. The summed E-state index contributed by atoms with van der Waals surface area (Å²) in [5.41, 5.74) is 1.23. The maximum absolute atomic E-state index is 9.75. The Morgan fingerprint density at radius 3 is 2.68 bits per heavy atom. The van der Waals surface area contributed by atoms with Crippen LogP contribution in [-0.4, -0.2) is 44.1 Å². The zero-order valence-corrected chi connectivity index (χ0v) is 11.5. The van der Waals surface area contributed by atoms with Gasteiger partial charge in [0.2, 0.25) is 0 Å². The molecule has 0 aliphatic heterocycles. The van der Waals surface area contributed by atoms with Crippen molar-refractivity contribution in [2.75, 3.05) is 26.9 Å². The summed E-state index contributed by atoms with van der Waals surface area (Å²) in [5, 5.41) is 13.0. The molecule has 1 unspecified atom stereocenters. The molecular formula is C15H23NO3. The molecule has 1 fully saturated rings. The molecule has 1 saturated carbocycles. The Labute approximate surface area is 114 Å². The van der Waals surface area contributed by atoms with Gasteiger partial charge in [-0.3, -0.25) is 0 Å². The number of hydrogen-bond acceptors (Lipinski definition) is 4. The number of nitrogens with one attached hydrogen (secondary N) is 1. The van der Waals surface area contributed by atoms with E-state index in [0.29, 0.717) is 19.2 Å². The summed E-state index contributed by atoms with van der Waals surface area (Å²) in [6, 6.07) is 8.56. The van der Waals surface area contributed by atoms with Crippen molar-refractivity contribution in [1.82, 2.24) is 5.32 Å². The van der Waals surface area contributed by atoms with Crippen molar-refractivity contribution in [2.24, 2.45) is 0 Å². The first-order valence-corrected chi connectivity index (χ1v) is 6.90. The number of aliphatic hydroxyl groups is 1. The summed E-state index contributed by atoms with van der Waals surface area (Å²) in [6.45, 7) is 1.67. The molecule has 0 saturated heterocycles. The first kappa shape index (κ1) is 14.3. The molecule has 1 atom stereocenters. The van der Waals surface area contributed by atoms with Gasteiger partial charge in [0.25, 0.3) is 0 Å². The number of methoxy groups -OCH3 is 1. The van der Waals surface area contributed by atoms with E-state index >= 15 is 0 Å². The van der Waals surface area contributed by atoms with Crippen LogP contribution in [0.2, 0.25) is 0 Å². The van der Waals surface area contributed by atoms with Crippen LogP contribution in [-0.2, 0) is 11.2 Å². The normalized spacial score (nSPS) is 16.3. The fraction of sp³-hybridized carbons (Fsp3) is 0.600. The van der Waals surface area contributed by atoms with E-state index in [1.54, 1.807) is 7.11 Å². The third kappa shape index (κ3) is 5.59. The molecule has 1 aromatic carbocycles. The van der Waals surface area contributed by atoms with Crippen molar-refractivity contribution < 1.29 is 14.6 Å². The lowest BCUT2D eigenvalue weighted by molar-refractivity contribution is 0.106. The minimum Gasteiger partial charge on any atom is -0.491 e. The summed E-state index contributed by atoms with van der Waals surface area (Å²) >= 11 is 0. The fourth-order valence-electron chi connectivity index (χ4n) is 1.81. The van der Waals surface area contributed by atoms with Gasteiger partial charge in [0, 0.05) is 19.7 Å². The molecule has 106 valence electrons. The van der Waals surface area contributed by atoms with E-state index in [2.05, 4.69) is 5.32 Å². The van der Waals surface area contributed by atoms with Gasteiger partial charge in [-0.2, -0.15) is 0 Å². The summed E-state index contributed by atoms with van der Waals surface area (Å²) in [4.78, 5) is 0. The first-order valence-electron chi connectivity index (χ1n) is 6.90. The maximum Gasteiger partial charge on any atom is 0.119 e. The molecule has 4 heteroatoms. The van der Waals surface area contributed by atoms with Gasteiger partial charge in [-0.15, -0.1) is 0 Å². The summed E-state index contributed by atoms with van der Waals surface area (Å²) in [5.74, 6) is 0.798. The van der Waals surface area contributed by atoms with Crippen molar-refractivity contribution in [3.63, 3.8) is 0 Å². The van der Waals surface area contributed by atoms with Gasteiger partial charge in [-0.05, 0) is 37.0 Å². The van der Waals surface area contributed by atoms with E-state index in [-0.39, 0.29) is 0 Å². The van der Waals surface area contributed by atoms with Crippen LogP contribution < -0.4 is 10.1 Å². The smallest absolute Gasteiger partial charge is 0.119 e. The molecule has 0 bridgehead atoms. The second-order valence-corrected chi connectivity index (χ2v) is 5.03. The number of benzene rings is 1. The average molecular weight is 265 g/mol. The average Bonchev–Trinajstić information content (AvgIpc) is 3.26. The van der Waals surface area contributed by atoms with Crippen LogP contribution in [0.15, 0.2) is 24.3 Å². The second kappa shape index (κ2) is 7.48. The van der Waals surface area contributed by atoms with E-state index < -0.39 is 6.10 Å². The van der Waals surface area contributed by atoms with Crippen molar-refractivity contribution in [2.45, 2.75) is 31.4 Å². The van der Waals surface area contributed by atoms with Crippen LogP contribution in [0, 0.1) is 0 Å². The molecule has 1 aromatic rings. The Balaban J connectivity index is 1.66. The van der Waals surface area contributed by atoms with Gasteiger partial charge in [-0.1, -0.05) is 12.1 Å². The van der Waals surface area contributed by atoms with Gasteiger partial charge in [-0.25, -0.2) is 0 Å². The first-order chi connectivity index (χ1) is 9.28. The quantitative estimate of drug-likeness (QED) is 0.708. The molecule has 4 nitrogen and oxygen atoms in total. The summed E-state index contributed by atoms with van der Waals surface area (Å²) in [6.07, 6.45) is 2.92. The monoisotopic (exact) mass is 265 g/mol. The summed E-state index contributed by atoms with van der Waals surface area (Å²) in [7, 11) is 1.70. The molecule has 0 amide bonds. The van der Waals surface area contributed by atoms with E-state index in [0.717, 1.165) is 18.8 Å². The largest absolute Gasteiger partial charge is 0.491 e. The molecule has 2 rings (SSSR count). The van der Waals surface area contributed by atoms with E-state index in [4.69, 9.17) is 9.47 Å². The van der Waals surface area contributed by atoms with E-state index in [9.17, 15) is 5.11 Å². The van der Waals surface area contributed by atoms with Crippen molar-refractivity contribution in [1.29, 1.82) is 0 Å². The third-order valence-electron chi connectivity index (χ3n) is 3.18. The van der Waals surface area contributed by atoms with Gasteiger partial charge < -0.3 is 19.9 Å². The van der Waals surface area contributed by atoms with Crippen LogP contribution in [0.25, 0.3) is 0 Å². The summed E-state index contributed by atoms with van der Waals surface area (Å²) < 4.78 is 10.6. The third-order valence-corrected chi connectivity index (χ3v) is 3.18. The van der Waals surface area contributed by atoms with Crippen LogP contribution in [0.4, 0.5) is 0 Å². The molecule has 0 aromatic heterocycles. The van der Waals surface area contributed by atoms with Gasteiger partial charge in [0.15, 0.2) is 0 Å². The van der Waals surface area contributed by atoms with Gasteiger partial charge >= 0.3 is 0 Å². The lowest BCUT2D eigenvalue weighted by Gasteiger charge is -2.13. The highest BCUT2D eigenvalue weighted by molar-refractivity contribution is 5.27. The van der Waals surface area contributed by atoms with Crippen molar-refractivity contribution in [3.05, 3.63) is 29.8 Å². The Bertz CT molecular complexity index is 362. The predicted octanol–water partition coefficient (Wildman–Crippen LogP) is 1.37. The minimum absolute atomic E-state index is 0.330. The molecule has 0 radical (unpaired) electrons. The zero-order valence-electron chi connectivity index (χ0n) is 11.5.